The number of carbonyl (C=O) groups excluding carboxylic acids is 1. The van der Waals surface area contributed by atoms with Crippen molar-refractivity contribution < 1.29 is 4.79 Å². The largest absolute Gasteiger partial charge is 0.300 e. The summed E-state index contributed by atoms with van der Waals surface area (Å²) < 4.78 is 0. The Morgan fingerprint density at radius 3 is 2.17 bits per heavy atom. The van der Waals surface area contributed by atoms with Gasteiger partial charge in [0.05, 0.1) is 0 Å². The molecule has 0 radical (unpaired) electrons. The molecule has 0 spiro atoms. The molecule has 0 aliphatic heterocycles. The quantitative estimate of drug-likeness (QED) is 0.465. The van der Waals surface area contributed by atoms with Crippen molar-refractivity contribution >= 4 is 5.78 Å². The number of rotatable bonds is 2. The van der Waals surface area contributed by atoms with Crippen molar-refractivity contribution in [2.45, 2.75) is 26.7 Å². The Morgan fingerprint density at radius 2 is 2.17 bits per heavy atom. The minimum atomic E-state index is 0.289. The first-order chi connectivity index (χ1) is 2.77. The van der Waals surface area contributed by atoms with Gasteiger partial charge < -0.3 is 4.79 Å². The highest BCUT2D eigenvalue weighted by Gasteiger charge is 1.83. The van der Waals surface area contributed by atoms with Crippen molar-refractivity contribution in [3.63, 3.8) is 0 Å². The van der Waals surface area contributed by atoms with E-state index in [4.69, 9.17) is 0 Å². The highest BCUT2D eigenvalue weighted by molar-refractivity contribution is 5.75. The molecule has 1 heteroatoms. The van der Waals surface area contributed by atoms with Gasteiger partial charge in [0.1, 0.15) is 5.78 Å². The summed E-state index contributed by atoms with van der Waals surface area (Å²) in [6.45, 7) is 3.62. The maximum Gasteiger partial charge on any atom is 0.129 e. The van der Waals surface area contributed by atoms with Crippen molar-refractivity contribution in [2.75, 3.05) is 0 Å². The molecule has 6 heavy (non-hydrogen) atoms. The van der Waals surface area contributed by atoms with Crippen LogP contribution in [-0.2, 0) is 4.79 Å². The van der Waals surface area contributed by atoms with Crippen LogP contribution in [0.3, 0.4) is 0 Å². The lowest BCUT2D eigenvalue weighted by Gasteiger charge is -1.80. The van der Waals surface area contributed by atoms with Crippen molar-refractivity contribution in [3.8, 4) is 0 Å². The summed E-state index contributed by atoms with van der Waals surface area (Å²) in [6, 6.07) is 0. The van der Waals surface area contributed by atoms with Crippen molar-refractivity contribution in [1.82, 2.24) is 0 Å². The van der Waals surface area contributed by atoms with E-state index >= 15 is 0 Å². The SMILES string of the molecule is CC[13CH2]C(C)=O. The molecule has 0 aromatic rings. The van der Waals surface area contributed by atoms with Crippen LogP contribution < -0.4 is 0 Å². The van der Waals surface area contributed by atoms with Gasteiger partial charge in [-0.3, -0.25) is 0 Å². The van der Waals surface area contributed by atoms with Crippen LogP contribution in [0.15, 0.2) is 0 Å². The van der Waals surface area contributed by atoms with Crippen LogP contribution in [0.1, 0.15) is 26.7 Å². The van der Waals surface area contributed by atoms with Crippen LogP contribution in [0.4, 0.5) is 0 Å². The topological polar surface area (TPSA) is 17.1 Å². The lowest BCUT2D eigenvalue weighted by Crippen LogP contribution is -1.84. The van der Waals surface area contributed by atoms with Crippen molar-refractivity contribution in [3.05, 3.63) is 0 Å². The Labute approximate surface area is 38.4 Å². The van der Waals surface area contributed by atoms with Crippen LogP contribution in [0.5, 0.6) is 0 Å². The van der Waals surface area contributed by atoms with Gasteiger partial charge in [-0.25, -0.2) is 0 Å². The molecule has 0 heterocycles. The van der Waals surface area contributed by atoms with Crippen molar-refractivity contribution in [2.24, 2.45) is 0 Å². The first-order valence-corrected chi connectivity index (χ1v) is 2.26. The first kappa shape index (κ1) is 5.67. The molecule has 0 fully saturated rings. The van der Waals surface area contributed by atoms with Gasteiger partial charge in [-0.15, -0.1) is 0 Å². The maximum atomic E-state index is 10.0. The Kier molecular flexibility index (Phi) is 2.73. The first-order valence-electron chi connectivity index (χ1n) is 2.26. The Balaban J connectivity index is 2.83. The van der Waals surface area contributed by atoms with Crippen molar-refractivity contribution in [1.29, 1.82) is 0 Å². The summed E-state index contributed by atoms with van der Waals surface area (Å²) in [7, 11) is 0. The second-order valence-corrected chi connectivity index (χ2v) is 1.45. The molecule has 36 valence electrons. The van der Waals surface area contributed by atoms with E-state index in [0.717, 1.165) is 12.8 Å². The van der Waals surface area contributed by atoms with Gasteiger partial charge in [-0.2, -0.15) is 0 Å². The molecule has 0 saturated carbocycles. The second-order valence-electron chi connectivity index (χ2n) is 1.45. The molecule has 1 nitrogen and oxygen atoms in total. The van der Waals surface area contributed by atoms with Crippen LogP contribution in [0.2, 0.25) is 0 Å². The number of hydrogen-bond acceptors (Lipinski definition) is 1. The van der Waals surface area contributed by atoms with Crippen LogP contribution in [0, 0.1) is 0 Å². The molecule has 0 aliphatic rings. The molecular formula is C5H10O. The highest BCUT2D eigenvalue weighted by Crippen LogP contribution is 1.84. The van der Waals surface area contributed by atoms with Gasteiger partial charge in [0.15, 0.2) is 0 Å². The number of carbonyl (C=O) groups is 1. The molecule has 0 aromatic heterocycles. The van der Waals surface area contributed by atoms with E-state index in [2.05, 4.69) is 0 Å². The fourth-order valence-electron chi connectivity index (χ4n) is 0.352. The summed E-state index contributed by atoms with van der Waals surface area (Å²) >= 11 is 0. The summed E-state index contributed by atoms with van der Waals surface area (Å²) in [5.74, 6) is 0.289. The standard InChI is InChI=1S/C5H10O/c1-3-4-5(2)6/h3-4H2,1-2H3/i4+1. The van der Waals surface area contributed by atoms with Crippen LogP contribution >= 0.6 is 0 Å². The third kappa shape index (κ3) is 3.67. The second kappa shape index (κ2) is 2.88. The lowest BCUT2D eigenvalue weighted by atomic mass is 10.5. The molecule has 0 N–H and O–H groups in total. The van der Waals surface area contributed by atoms with E-state index < -0.39 is 0 Å². The lowest BCUT2D eigenvalue weighted by molar-refractivity contribution is -0.117. The molecule has 0 rings (SSSR count). The minimum absolute atomic E-state index is 0.289. The number of ketones is 1. The molecule has 0 unspecified atom stereocenters. The van der Waals surface area contributed by atoms with E-state index in [1.807, 2.05) is 6.92 Å². The average Bonchev–Trinajstić information content (AvgIpc) is 1.35. The maximum absolute atomic E-state index is 10.0. The zero-order chi connectivity index (χ0) is 4.99. The van der Waals surface area contributed by atoms with Crippen LogP contribution in [0.25, 0.3) is 0 Å². The summed E-state index contributed by atoms with van der Waals surface area (Å²) in [5.41, 5.74) is 0. The van der Waals surface area contributed by atoms with Gasteiger partial charge in [-0.05, 0) is 13.3 Å². The summed E-state index contributed by atoms with van der Waals surface area (Å²) in [5, 5.41) is 0. The Hall–Kier alpha value is -0.330. The van der Waals surface area contributed by atoms with Gasteiger partial charge in [0, 0.05) is 6.42 Å². The third-order valence-corrected chi connectivity index (χ3v) is 0.602. The average molecular weight is 87.1 g/mol. The fraction of sp³-hybridized carbons (Fsp3) is 0.800. The van der Waals surface area contributed by atoms with Crippen LogP contribution in [-0.4, -0.2) is 5.78 Å². The smallest absolute Gasteiger partial charge is 0.129 e. The Morgan fingerprint density at radius 1 is 1.67 bits per heavy atom. The molecular weight excluding hydrogens is 77.0 g/mol. The minimum Gasteiger partial charge on any atom is -0.300 e. The number of Topliss-reactive ketones (excluding diaryl/α,β-unsaturated/α-hetero) is 1. The zero-order valence-electron chi connectivity index (χ0n) is 4.32. The summed E-state index contributed by atoms with van der Waals surface area (Å²) in [6.07, 6.45) is 1.72. The molecule has 0 aromatic carbocycles. The highest BCUT2D eigenvalue weighted by atomic mass is 16.1. The molecule has 0 amide bonds. The molecule has 0 saturated heterocycles. The van der Waals surface area contributed by atoms with Gasteiger partial charge in [-0.1, -0.05) is 6.92 Å². The Bertz CT molecular complexity index is 47.9. The fourth-order valence-corrected chi connectivity index (χ4v) is 0.352. The molecule has 0 bridgehead atoms. The zero-order valence-corrected chi connectivity index (χ0v) is 4.32. The predicted octanol–water partition coefficient (Wildman–Crippen LogP) is 1.38. The van der Waals surface area contributed by atoms with E-state index in [1.165, 1.54) is 0 Å². The van der Waals surface area contributed by atoms with Gasteiger partial charge in [0.25, 0.3) is 0 Å². The molecule has 0 aliphatic carbocycles. The van der Waals surface area contributed by atoms with Gasteiger partial charge >= 0.3 is 0 Å². The van der Waals surface area contributed by atoms with E-state index in [-0.39, 0.29) is 5.78 Å². The monoisotopic (exact) mass is 87.1 g/mol. The number of hydrogen-bond donors (Lipinski definition) is 0. The van der Waals surface area contributed by atoms with Gasteiger partial charge in [0.2, 0.25) is 0 Å². The van der Waals surface area contributed by atoms with E-state index in [1.54, 1.807) is 6.92 Å². The normalized spacial score (nSPS) is 8.33. The van der Waals surface area contributed by atoms with E-state index in [0.29, 0.717) is 0 Å². The predicted molar refractivity (Wildman–Crippen MR) is 25.6 cm³/mol. The summed E-state index contributed by atoms with van der Waals surface area (Å²) in [4.78, 5) is 10.0. The van der Waals surface area contributed by atoms with E-state index in [9.17, 15) is 4.79 Å². The third-order valence-electron chi connectivity index (χ3n) is 0.602. The molecule has 0 atom stereocenters.